The summed E-state index contributed by atoms with van der Waals surface area (Å²) in [5.41, 5.74) is 3.99. The molecule has 1 aromatic rings. The quantitative estimate of drug-likeness (QED) is 0.738. The summed E-state index contributed by atoms with van der Waals surface area (Å²) >= 11 is 0. The zero-order valence-electron chi connectivity index (χ0n) is 10.3. The van der Waals surface area contributed by atoms with Gasteiger partial charge in [0.1, 0.15) is 5.78 Å². The molecule has 1 nitrogen and oxygen atoms in total. The zero-order valence-corrected chi connectivity index (χ0v) is 10.3. The van der Waals surface area contributed by atoms with E-state index in [4.69, 9.17) is 0 Å². The van der Waals surface area contributed by atoms with E-state index in [1.807, 2.05) is 0 Å². The standard InChI is InChI=1S/C15H20O/c1-11-7-8-13(12(2)9-11)10-14-5-3-4-6-15(14)16/h7-9,14H,3-6,10H2,1-2H3. The molecule has 2 rings (SSSR count). The van der Waals surface area contributed by atoms with Crippen molar-refractivity contribution in [2.24, 2.45) is 5.92 Å². The Morgan fingerprint density at radius 2 is 2.06 bits per heavy atom. The number of hydrogen-bond acceptors (Lipinski definition) is 1. The number of Topliss-reactive ketones (excluding diaryl/α,β-unsaturated/α-hetero) is 1. The van der Waals surface area contributed by atoms with Gasteiger partial charge in [0.05, 0.1) is 0 Å². The maximum absolute atomic E-state index is 11.8. The van der Waals surface area contributed by atoms with Gasteiger partial charge in [0, 0.05) is 12.3 Å². The third-order valence-corrected chi connectivity index (χ3v) is 3.65. The van der Waals surface area contributed by atoms with Gasteiger partial charge in [-0.15, -0.1) is 0 Å². The van der Waals surface area contributed by atoms with Crippen molar-refractivity contribution in [1.29, 1.82) is 0 Å². The van der Waals surface area contributed by atoms with E-state index in [1.54, 1.807) is 0 Å². The third kappa shape index (κ3) is 2.52. The molecule has 0 amide bonds. The molecular formula is C15H20O. The lowest BCUT2D eigenvalue weighted by Gasteiger charge is -2.21. The van der Waals surface area contributed by atoms with E-state index < -0.39 is 0 Å². The second kappa shape index (κ2) is 4.82. The predicted molar refractivity (Wildman–Crippen MR) is 66.6 cm³/mol. The molecule has 0 radical (unpaired) electrons. The van der Waals surface area contributed by atoms with Gasteiger partial charge in [-0.2, -0.15) is 0 Å². The van der Waals surface area contributed by atoms with Crippen molar-refractivity contribution in [1.82, 2.24) is 0 Å². The van der Waals surface area contributed by atoms with E-state index in [0.29, 0.717) is 5.78 Å². The van der Waals surface area contributed by atoms with Crippen LogP contribution in [0.2, 0.25) is 0 Å². The predicted octanol–water partition coefficient (Wildman–Crippen LogP) is 3.61. The highest BCUT2D eigenvalue weighted by Gasteiger charge is 2.22. The first kappa shape index (κ1) is 11.4. The maximum atomic E-state index is 11.8. The molecule has 1 aliphatic carbocycles. The van der Waals surface area contributed by atoms with Crippen LogP contribution in [0.3, 0.4) is 0 Å². The van der Waals surface area contributed by atoms with Gasteiger partial charge in [0.15, 0.2) is 0 Å². The van der Waals surface area contributed by atoms with E-state index in [2.05, 4.69) is 32.0 Å². The fourth-order valence-corrected chi connectivity index (χ4v) is 2.61. The second-order valence-corrected chi connectivity index (χ2v) is 5.04. The van der Waals surface area contributed by atoms with Gasteiger partial charge in [-0.1, -0.05) is 30.2 Å². The molecular weight excluding hydrogens is 196 g/mol. The van der Waals surface area contributed by atoms with Gasteiger partial charge in [-0.05, 0) is 44.2 Å². The fourth-order valence-electron chi connectivity index (χ4n) is 2.61. The lowest BCUT2D eigenvalue weighted by atomic mass is 9.83. The highest BCUT2D eigenvalue weighted by molar-refractivity contribution is 5.81. The van der Waals surface area contributed by atoms with Crippen LogP contribution in [0.15, 0.2) is 18.2 Å². The second-order valence-electron chi connectivity index (χ2n) is 5.04. The summed E-state index contributed by atoms with van der Waals surface area (Å²) in [6.45, 7) is 4.26. The van der Waals surface area contributed by atoms with Crippen molar-refractivity contribution in [2.45, 2.75) is 46.0 Å². The Hall–Kier alpha value is -1.11. The third-order valence-electron chi connectivity index (χ3n) is 3.65. The average Bonchev–Trinajstić information content (AvgIpc) is 2.25. The molecule has 1 aromatic carbocycles. The Balaban J connectivity index is 2.10. The molecule has 1 fully saturated rings. The zero-order chi connectivity index (χ0) is 11.5. The lowest BCUT2D eigenvalue weighted by Crippen LogP contribution is -2.21. The summed E-state index contributed by atoms with van der Waals surface area (Å²) in [4.78, 5) is 11.8. The summed E-state index contributed by atoms with van der Waals surface area (Å²) < 4.78 is 0. The molecule has 1 saturated carbocycles. The molecule has 0 heterocycles. The molecule has 1 heteroatoms. The molecule has 0 bridgehead atoms. The number of carbonyl (C=O) groups is 1. The molecule has 0 aliphatic heterocycles. The van der Waals surface area contributed by atoms with Gasteiger partial charge in [0.25, 0.3) is 0 Å². The van der Waals surface area contributed by atoms with Crippen molar-refractivity contribution in [2.75, 3.05) is 0 Å². The van der Waals surface area contributed by atoms with E-state index in [9.17, 15) is 4.79 Å². The Bertz CT molecular complexity index is 392. The Labute approximate surface area is 97.9 Å². The molecule has 1 aliphatic rings. The van der Waals surface area contributed by atoms with Crippen LogP contribution < -0.4 is 0 Å². The van der Waals surface area contributed by atoms with E-state index in [1.165, 1.54) is 23.1 Å². The van der Waals surface area contributed by atoms with Gasteiger partial charge in [-0.3, -0.25) is 4.79 Å². The smallest absolute Gasteiger partial charge is 0.136 e. The Morgan fingerprint density at radius 1 is 1.25 bits per heavy atom. The fraction of sp³-hybridized carbons (Fsp3) is 0.533. The van der Waals surface area contributed by atoms with Crippen molar-refractivity contribution < 1.29 is 4.79 Å². The van der Waals surface area contributed by atoms with Crippen LogP contribution in [0.1, 0.15) is 42.4 Å². The van der Waals surface area contributed by atoms with Gasteiger partial charge >= 0.3 is 0 Å². The number of aryl methyl sites for hydroxylation is 2. The van der Waals surface area contributed by atoms with Crippen molar-refractivity contribution >= 4 is 5.78 Å². The highest BCUT2D eigenvalue weighted by atomic mass is 16.1. The topological polar surface area (TPSA) is 17.1 Å². The van der Waals surface area contributed by atoms with Gasteiger partial charge in [-0.25, -0.2) is 0 Å². The van der Waals surface area contributed by atoms with Crippen LogP contribution in [0, 0.1) is 19.8 Å². The minimum atomic E-state index is 0.287. The molecule has 0 aromatic heterocycles. The summed E-state index contributed by atoms with van der Waals surface area (Å²) in [6.07, 6.45) is 5.16. The van der Waals surface area contributed by atoms with Crippen LogP contribution in [-0.4, -0.2) is 5.78 Å². The molecule has 1 atom stereocenters. The van der Waals surface area contributed by atoms with Crippen LogP contribution in [0.25, 0.3) is 0 Å². The van der Waals surface area contributed by atoms with Crippen molar-refractivity contribution in [3.05, 3.63) is 34.9 Å². The first-order valence-electron chi connectivity index (χ1n) is 6.25. The number of hydrogen-bond donors (Lipinski definition) is 0. The number of benzene rings is 1. The minimum Gasteiger partial charge on any atom is -0.299 e. The average molecular weight is 216 g/mol. The highest BCUT2D eigenvalue weighted by Crippen LogP contribution is 2.25. The summed E-state index contributed by atoms with van der Waals surface area (Å²) in [5.74, 6) is 0.765. The first-order valence-corrected chi connectivity index (χ1v) is 6.25. The lowest BCUT2D eigenvalue weighted by molar-refractivity contribution is -0.124. The van der Waals surface area contributed by atoms with E-state index >= 15 is 0 Å². The summed E-state index contributed by atoms with van der Waals surface area (Å²) in [6, 6.07) is 6.55. The minimum absolute atomic E-state index is 0.287. The molecule has 0 N–H and O–H groups in total. The largest absolute Gasteiger partial charge is 0.299 e. The molecule has 16 heavy (non-hydrogen) atoms. The Kier molecular flexibility index (Phi) is 3.42. The molecule has 0 spiro atoms. The van der Waals surface area contributed by atoms with Crippen LogP contribution in [-0.2, 0) is 11.2 Å². The van der Waals surface area contributed by atoms with Crippen LogP contribution in [0.4, 0.5) is 0 Å². The van der Waals surface area contributed by atoms with E-state index in [-0.39, 0.29) is 5.92 Å². The van der Waals surface area contributed by atoms with E-state index in [0.717, 1.165) is 25.7 Å². The van der Waals surface area contributed by atoms with Crippen LogP contribution in [0.5, 0.6) is 0 Å². The first-order chi connectivity index (χ1) is 7.66. The number of ketones is 1. The Morgan fingerprint density at radius 3 is 2.75 bits per heavy atom. The normalized spacial score (nSPS) is 21.1. The van der Waals surface area contributed by atoms with Gasteiger partial charge in [0.2, 0.25) is 0 Å². The van der Waals surface area contributed by atoms with Crippen molar-refractivity contribution in [3.63, 3.8) is 0 Å². The number of rotatable bonds is 2. The van der Waals surface area contributed by atoms with Crippen molar-refractivity contribution in [3.8, 4) is 0 Å². The SMILES string of the molecule is Cc1ccc(CC2CCCCC2=O)c(C)c1. The summed E-state index contributed by atoms with van der Waals surface area (Å²) in [7, 11) is 0. The molecule has 1 unspecified atom stereocenters. The monoisotopic (exact) mass is 216 g/mol. The molecule has 86 valence electrons. The summed E-state index contributed by atoms with van der Waals surface area (Å²) in [5, 5.41) is 0. The number of carbonyl (C=O) groups excluding carboxylic acids is 1. The van der Waals surface area contributed by atoms with Crippen LogP contribution >= 0.6 is 0 Å². The molecule has 0 saturated heterocycles. The van der Waals surface area contributed by atoms with Gasteiger partial charge < -0.3 is 0 Å². The maximum Gasteiger partial charge on any atom is 0.136 e.